The molecule has 1 amide bonds. The number of benzene rings is 1. The highest BCUT2D eigenvalue weighted by Gasteiger charge is 2.27. The molecule has 4 nitrogen and oxygen atoms in total. The van der Waals surface area contributed by atoms with Crippen LogP contribution in [-0.4, -0.2) is 31.6 Å². The molecule has 0 spiro atoms. The number of carbonyl (C=O) groups excluding carboxylic acids is 1. The number of nitrogens with one attached hydrogen (secondary N) is 1. The number of halogens is 1. The monoisotopic (exact) mass is 336 g/mol. The van der Waals surface area contributed by atoms with Crippen LogP contribution in [0.2, 0.25) is 5.02 Å². The normalized spacial score (nSPS) is 22.0. The van der Waals surface area contributed by atoms with Gasteiger partial charge in [0.15, 0.2) is 0 Å². The number of anilines is 1. The summed E-state index contributed by atoms with van der Waals surface area (Å²) in [5.41, 5.74) is 0.955. The second-order valence-corrected chi connectivity index (χ2v) is 7.08. The number of fused-ring (bicyclic) bond motifs is 1. The summed E-state index contributed by atoms with van der Waals surface area (Å²) in [4.78, 5) is 14.5. The molecule has 1 aliphatic heterocycles. The van der Waals surface area contributed by atoms with E-state index in [1.807, 2.05) is 25.2 Å². The van der Waals surface area contributed by atoms with E-state index in [-0.39, 0.29) is 11.9 Å². The molecular formula is C18H25ClN2O2. The second kappa shape index (κ2) is 7.43. The Morgan fingerprint density at radius 3 is 2.78 bits per heavy atom. The molecule has 0 bridgehead atoms. The van der Waals surface area contributed by atoms with Gasteiger partial charge >= 0.3 is 0 Å². The van der Waals surface area contributed by atoms with E-state index in [2.05, 4.69) is 10.2 Å². The lowest BCUT2D eigenvalue weighted by atomic mass is 10.1. The van der Waals surface area contributed by atoms with Gasteiger partial charge in [0.05, 0.1) is 18.2 Å². The zero-order chi connectivity index (χ0) is 16.2. The van der Waals surface area contributed by atoms with Crippen LogP contribution in [-0.2, 0) is 4.79 Å². The number of likely N-dealkylation sites (N-methyl/N-ethyl adjacent to an activating group) is 1. The quantitative estimate of drug-likeness (QED) is 0.854. The van der Waals surface area contributed by atoms with Crippen LogP contribution in [0.5, 0.6) is 5.75 Å². The zero-order valence-electron chi connectivity index (χ0n) is 13.7. The number of hydrogen-bond donors (Lipinski definition) is 1. The minimum Gasteiger partial charge on any atom is -0.489 e. The van der Waals surface area contributed by atoms with E-state index in [1.54, 1.807) is 0 Å². The fraction of sp³-hybridized carbons (Fsp3) is 0.611. The molecule has 1 aliphatic carbocycles. The third-order valence-electron chi connectivity index (χ3n) is 4.92. The number of carbonyl (C=O) groups is 1. The van der Waals surface area contributed by atoms with Crippen LogP contribution < -0.4 is 15.0 Å². The van der Waals surface area contributed by atoms with Crippen LogP contribution in [0.15, 0.2) is 18.2 Å². The van der Waals surface area contributed by atoms with Crippen LogP contribution in [0.3, 0.4) is 0 Å². The van der Waals surface area contributed by atoms with Crippen molar-refractivity contribution in [3.63, 3.8) is 0 Å². The minimum absolute atomic E-state index is 0.0479. The lowest BCUT2D eigenvalue weighted by Crippen LogP contribution is -2.45. The molecule has 1 aromatic carbocycles. The zero-order valence-corrected chi connectivity index (χ0v) is 14.4. The van der Waals surface area contributed by atoms with Crippen molar-refractivity contribution < 1.29 is 9.53 Å². The molecule has 1 saturated carbocycles. The molecule has 126 valence electrons. The minimum atomic E-state index is 0.0479. The number of ether oxygens (including phenoxy) is 1. The topological polar surface area (TPSA) is 41.6 Å². The van der Waals surface area contributed by atoms with Gasteiger partial charge in [0.2, 0.25) is 5.91 Å². The number of nitrogens with zero attached hydrogens (tertiary/aromatic N) is 1. The van der Waals surface area contributed by atoms with Crippen LogP contribution in [0.25, 0.3) is 0 Å². The van der Waals surface area contributed by atoms with Crippen molar-refractivity contribution in [2.75, 3.05) is 18.6 Å². The summed E-state index contributed by atoms with van der Waals surface area (Å²) < 4.78 is 5.79. The van der Waals surface area contributed by atoms with Gasteiger partial charge in [0, 0.05) is 18.1 Å². The third kappa shape index (κ3) is 4.11. The first kappa shape index (κ1) is 16.4. The van der Waals surface area contributed by atoms with E-state index < -0.39 is 0 Å². The average molecular weight is 337 g/mol. The van der Waals surface area contributed by atoms with E-state index in [0.717, 1.165) is 24.3 Å². The van der Waals surface area contributed by atoms with Gasteiger partial charge in [0.1, 0.15) is 12.4 Å². The Morgan fingerprint density at radius 2 is 2.04 bits per heavy atom. The van der Waals surface area contributed by atoms with E-state index in [9.17, 15) is 4.79 Å². The van der Waals surface area contributed by atoms with E-state index in [4.69, 9.17) is 16.3 Å². The lowest BCUT2D eigenvalue weighted by Gasteiger charge is -2.35. The molecule has 0 aromatic heterocycles. The molecule has 1 heterocycles. The van der Waals surface area contributed by atoms with Crippen molar-refractivity contribution in [3.05, 3.63) is 23.2 Å². The second-order valence-electron chi connectivity index (χ2n) is 6.65. The van der Waals surface area contributed by atoms with Crippen LogP contribution in [0.1, 0.15) is 44.9 Å². The van der Waals surface area contributed by atoms with Gasteiger partial charge in [-0.1, -0.05) is 37.3 Å². The molecule has 0 saturated heterocycles. The molecule has 23 heavy (non-hydrogen) atoms. The number of hydrogen-bond acceptors (Lipinski definition) is 3. The molecule has 0 radical (unpaired) electrons. The first-order valence-corrected chi connectivity index (χ1v) is 8.96. The molecular weight excluding hydrogens is 312 g/mol. The predicted molar refractivity (Wildman–Crippen MR) is 93.4 cm³/mol. The molecule has 1 fully saturated rings. The Morgan fingerprint density at radius 1 is 1.30 bits per heavy atom. The van der Waals surface area contributed by atoms with Crippen molar-refractivity contribution in [2.24, 2.45) is 0 Å². The summed E-state index contributed by atoms with van der Waals surface area (Å²) >= 11 is 6.08. The Balaban J connectivity index is 1.58. The Kier molecular flexibility index (Phi) is 5.31. The van der Waals surface area contributed by atoms with Gasteiger partial charge in [-0.2, -0.15) is 0 Å². The van der Waals surface area contributed by atoms with Gasteiger partial charge in [-0.25, -0.2) is 0 Å². The van der Waals surface area contributed by atoms with Gasteiger partial charge in [-0.05, 0) is 31.0 Å². The molecule has 1 aromatic rings. The third-order valence-corrected chi connectivity index (χ3v) is 5.16. The summed E-state index contributed by atoms with van der Waals surface area (Å²) in [5.74, 6) is 0.958. The van der Waals surface area contributed by atoms with Crippen molar-refractivity contribution >= 4 is 23.2 Å². The fourth-order valence-electron chi connectivity index (χ4n) is 3.50. The molecule has 1 unspecified atom stereocenters. The first-order valence-electron chi connectivity index (χ1n) is 8.58. The average Bonchev–Trinajstić information content (AvgIpc) is 2.79. The van der Waals surface area contributed by atoms with Crippen LogP contribution in [0, 0.1) is 0 Å². The Labute approximate surface area is 143 Å². The molecule has 5 heteroatoms. The van der Waals surface area contributed by atoms with Crippen molar-refractivity contribution in [2.45, 2.75) is 57.0 Å². The van der Waals surface area contributed by atoms with E-state index in [0.29, 0.717) is 24.1 Å². The van der Waals surface area contributed by atoms with Gasteiger partial charge in [0.25, 0.3) is 0 Å². The standard InChI is InChI=1S/C18H25ClN2O2/c1-21-15(12-23-17-9-8-13(19)10-16(17)21)11-18(22)20-14-6-4-2-3-5-7-14/h8-10,14-15H,2-7,11-12H2,1H3,(H,20,22). The highest BCUT2D eigenvalue weighted by molar-refractivity contribution is 6.31. The maximum Gasteiger partial charge on any atom is 0.222 e. The highest BCUT2D eigenvalue weighted by Crippen LogP contribution is 2.35. The summed E-state index contributed by atoms with van der Waals surface area (Å²) in [7, 11) is 2.00. The summed E-state index contributed by atoms with van der Waals surface area (Å²) in [6.07, 6.45) is 7.72. The van der Waals surface area contributed by atoms with Gasteiger partial charge in [-0.3, -0.25) is 4.79 Å². The molecule has 1 N–H and O–H groups in total. The van der Waals surface area contributed by atoms with Crippen LogP contribution in [0.4, 0.5) is 5.69 Å². The maximum absolute atomic E-state index is 12.4. The predicted octanol–water partition coefficient (Wildman–Crippen LogP) is 3.77. The first-order chi connectivity index (χ1) is 11.1. The van der Waals surface area contributed by atoms with Crippen molar-refractivity contribution in [3.8, 4) is 5.75 Å². The largest absolute Gasteiger partial charge is 0.489 e. The van der Waals surface area contributed by atoms with Crippen molar-refractivity contribution in [1.82, 2.24) is 5.32 Å². The smallest absolute Gasteiger partial charge is 0.222 e. The molecule has 2 aliphatic rings. The maximum atomic E-state index is 12.4. The Bertz CT molecular complexity index is 556. The summed E-state index contributed by atoms with van der Waals surface area (Å²) in [6.45, 7) is 0.531. The van der Waals surface area contributed by atoms with Crippen molar-refractivity contribution in [1.29, 1.82) is 0 Å². The van der Waals surface area contributed by atoms with E-state index in [1.165, 1.54) is 25.7 Å². The van der Waals surface area contributed by atoms with Gasteiger partial charge < -0.3 is 15.0 Å². The molecule has 1 atom stereocenters. The molecule has 3 rings (SSSR count). The fourth-order valence-corrected chi connectivity index (χ4v) is 3.67. The highest BCUT2D eigenvalue weighted by atomic mass is 35.5. The Hall–Kier alpha value is -1.42. The van der Waals surface area contributed by atoms with Crippen LogP contribution >= 0.6 is 11.6 Å². The van der Waals surface area contributed by atoms with Gasteiger partial charge in [-0.15, -0.1) is 0 Å². The van der Waals surface area contributed by atoms with E-state index >= 15 is 0 Å². The SMILES string of the molecule is CN1c2cc(Cl)ccc2OCC1CC(=O)NC1CCCCCC1. The summed E-state index contributed by atoms with van der Waals surface area (Å²) in [6, 6.07) is 6.00. The lowest BCUT2D eigenvalue weighted by molar-refractivity contribution is -0.122. The summed E-state index contributed by atoms with van der Waals surface area (Å²) in [5, 5.41) is 3.90. The number of rotatable bonds is 3. The number of amides is 1.